The summed E-state index contributed by atoms with van der Waals surface area (Å²) in [5, 5.41) is 33.8. The number of hydrogen-bond donors (Lipinski definition) is 4. The van der Waals surface area contributed by atoms with E-state index >= 15 is 0 Å². The van der Waals surface area contributed by atoms with Gasteiger partial charge in [0.2, 0.25) is 5.91 Å². The standard InChI is InChI=1S/C54H109NO4/c1-3-5-7-9-11-13-15-17-19-21-23-25-26-27-28-29-31-33-35-37-39-41-43-45-47-49-53(58)55-51(50-56)54(59)52(57)48-46-44-42-40-38-36-34-32-30-24-22-20-18-16-14-12-10-8-6-4-2/h51-52,54,56-57,59H,3-50H2,1-2H3,(H,55,58). The molecule has 3 atom stereocenters. The zero-order valence-electron chi connectivity index (χ0n) is 40.4. The third-order valence-corrected chi connectivity index (χ3v) is 13.2. The molecule has 0 fully saturated rings. The summed E-state index contributed by atoms with van der Waals surface area (Å²) in [5.74, 6) is -0.136. The molecule has 0 bridgehead atoms. The molecule has 0 spiro atoms. The molecule has 0 aromatic heterocycles. The maximum atomic E-state index is 12.5. The zero-order valence-corrected chi connectivity index (χ0v) is 40.4. The van der Waals surface area contributed by atoms with Gasteiger partial charge in [0, 0.05) is 6.42 Å². The van der Waals surface area contributed by atoms with Crippen LogP contribution in [0.25, 0.3) is 0 Å². The number of aliphatic hydroxyl groups is 3. The highest BCUT2D eigenvalue weighted by atomic mass is 16.3. The van der Waals surface area contributed by atoms with Crippen molar-refractivity contribution in [2.45, 2.75) is 334 Å². The van der Waals surface area contributed by atoms with Crippen molar-refractivity contribution < 1.29 is 20.1 Å². The Morgan fingerprint density at radius 2 is 0.576 bits per heavy atom. The largest absolute Gasteiger partial charge is 0.394 e. The molecule has 0 aliphatic rings. The molecule has 0 aromatic carbocycles. The van der Waals surface area contributed by atoms with E-state index in [0.717, 1.165) is 32.1 Å². The summed E-state index contributed by atoms with van der Waals surface area (Å²) in [5.41, 5.74) is 0. The maximum Gasteiger partial charge on any atom is 0.220 e. The number of amides is 1. The van der Waals surface area contributed by atoms with E-state index in [2.05, 4.69) is 19.2 Å². The number of carbonyl (C=O) groups excluding carboxylic acids is 1. The van der Waals surface area contributed by atoms with Crippen LogP contribution < -0.4 is 5.32 Å². The second-order valence-corrected chi connectivity index (χ2v) is 19.2. The minimum atomic E-state index is -1.13. The van der Waals surface area contributed by atoms with Crippen molar-refractivity contribution >= 4 is 5.91 Å². The molecule has 0 heterocycles. The lowest BCUT2D eigenvalue weighted by Gasteiger charge is -2.26. The molecule has 0 aliphatic heterocycles. The van der Waals surface area contributed by atoms with Gasteiger partial charge >= 0.3 is 0 Å². The van der Waals surface area contributed by atoms with Gasteiger partial charge in [0.15, 0.2) is 0 Å². The van der Waals surface area contributed by atoms with E-state index in [4.69, 9.17) is 0 Å². The first-order valence-corrected chi connectivity index (χ1v) is 27.3. The van der Waals surface area contributed by atoms with E-state index in [0.29, 0.717) is 12.8 Å². The molecule has 0 saturated carbocycles. The minimum Gasteiger partial charge on any atom is -0.394 e. The Balaban J connectivity index is 3.50. The van der Waals surface area contributed by atoms with Gasteiger partial charge in [-0.1, -0.05) is 296 Å². The second-order valence-electron chi connectivity index (χ2n) is 19.2. The number of rotatable bonds is 51. The van der Waals surface area contributed by atoms with Crippen molar-refractivity contribution in [2.75, 3.05) is 6.61 Å². The van der Waals surface area contributed by atoms with Crippen molar-refractivity contribution in [2.24, 2.45) is 0 Å². The first-order chi connectivity index (χ1) is 29.1. The molecule has 4 N–H and O–H groups in total. The molecule has 0 aromatic rings. The van der Waals surface area contributed by atoms with E-state index in [1.54, 1.807) is 0 Å². The highest BCUT2D eigenvalue weighted by Crippen LogP contribution is 2.18. The molecule has 0 radical (unpaired) electrons. The third kappa shape index (κ3) is 45.2. The summed E-state index contributed by atoms with van der Waals surface area (Å²) in [6.45, 7) is 4.22. The van der Waals surface area contributed by atoms with Gasteiger partial charge in [-0.15, -0.1) is 0 Å². The maximum absolute atomic E-state index is 12.5. The summed E-state index contributed by atoms with van der Waals surface area (Å²) in [4.78, 5) is 12.5. The Hall–Kier alpha value is -0.650. The highest BCUT2D eigenvalue weighted by Gasteiger charge is 2.26. The van der Waals surface area contributed by atoms with E-state index in [-0.39, 0.29) is 12.5 Å². The van der Waals surface area contributed by atoms with Crippen LogP contribution in [0.15, 0.2) is 0 Å². The average Bonchev–Trinajstić information content (AvgIpc) is 3.24. The molecule has 3 unspecified atom stereocenters. The van der Waals surface area contributed by atoms with E-state index in [1.165, 1.54) is 257 Å². The van der Waals surface area contributed by atoms with E-state index in [1.807, 2.05) is 0 Å². The van der Waals surface area contributed by atoms with Gasteiger partial charge in [-0.3, -0.25) is 4.79 Å². The third-order valence-electron chi connectivity index (χ3n) is 13.2. The first-order valence-electron chi connectivity index (χ1n) is 27.3. The van der Waals surface area contributed by atoms with Gasteiger partial charge in [-0.2, -0.15) is 0 Å². The molecule has 0 saturated heterocycles. The average molecular weight is 836 g/mol. The first kappa shape index (κ1) is 58.4. The summed E-state index contributed by atoms with van der Waals surface area (Å²) in [6, 6.07) is -0.804. The minimum absolute atomic E-state index is 0.136. The number of unbranched alkanes of at least 4 members (excludes halogenated alkanes) is 43. The second kappa shape index (κ2) is 50.0. The number of nitrogens with one attached hydrogen (secondary N) is 1. The fraction of sp³-hybridized carbons (Fsp3) is 0.981. The molecule has 0 rings (SSSR count). The molecular formula is C54H109NO4. The number of carbonyl (C=O) groups is 1. The van der Waals surface area contributed by atoms with Crippen molar-refractivity contribution in [3.63, 3.8) is 0 Å². The Morgan fingerprint density at radius 3 is 0.814 bits per heavy atom. The lowest BCUT2D eigenvalue weighted by atomic mass is 9.99. The summed E-state index contributed by atoms with van der Waals surface area (Å²) >= 11 is 0. The number of hydrogen-bond acceptors (Lipinski definition) is 4. The normalized spacial score (nSPS) is 13.2. The van der Waals surface area contributed by atoms with Crippen molar-refractivity contribution in [3.8, 4) is 0 Å². The summed E-state index contributed by atoms with van der Waals surface area (Å²) in [7, 11) is 0. The molecule has 5 heteroatoms. The summed E-state index contributed by atoms with van der Waals surface area (Å²) < 4.78 is 0. The van der Waals surface area contributed by atoms with Crippen LogP contribution in [-0.4, -0.2) is 46.1 Å². The smallest absolute Gasteiger partial charge is 0.220 e. The van der Waals surface area contributed by atoms with Crippen LogP contribution in [0.5, 0.6) is 0 Å². The molecule has 59 heavy (non-hydrogen) atoms. The predicted molar refractivity (Wildman–Crippen MR) is 259 cm³/mol. The lowest BCUT2D eigenvalue weighted by Crippen LogP contribution is -2.50. The van der Waals surface area contributed by atoms with Crippen LogP contribution in [0, 0.1) is 0 Å². The molecule has 0 aliphatic carbocycles. The Morgan fingerprint density at radius 1 is 0.356 bits per heavy atom. The van der Waals surface area contributed by atoms with Gasteiger partial charge in [0.05, 0.1) is 18.8 Å². The van der Waals surface area contributed by atoms with E-state index < -0.39 is 18.2 Å². The number of aliphatic hydroxyl groups excluding tert-OH is 3. The van der Waals surface area contributed by atoms with E-state index in [9.17, 15) is 20.1 Å². The lowest BCUT2D eigenvalue weighted by molar-refractivity contribution is -0.124. The van der Waals surface area contributed by atoms with Crippen molar-refractivity contribution in [3.05, 3.63) is 0 Å². The predicted octanol–water partition coefficient (Wildman–Crippen LogP) is 16.6. The van der Waals surface area contributed by atoms with Crippen molar-refractivity contribution in [1.82, 2.24) is 5.32 Å². The van der Waals surface area contributed by atoms with Gasteiger partial charge in [0.25, 0.3) is 0 Å². The quantitative estimate of drug-likeness (QED) is 0.0460. The van der Waals surface area contributed by atoms with Crippen LogP contribution in [0.1, 0.15) is 316 Å². The van der Waals surface area contributed by atoms with Gasteiger partial charge < -0.3 is 20.6 Å². The Kier molecular flexibility index (Phi) is 49.4. The van der Waals surface area contributed by atoms with Crippen LogP contribution >= 0.6 is 0 Å². The monoisotopic (exact) mass is 836 g/mol. The van der Waals surface area contributed by atoms with Crippen molar-refractivity contribution in [1.29, 1.82) is 0 Å². The topological polar surface area (TPSA) is 89.8 Å². The van der Waals surface area contributed by atoms with Crippen LogP contribution in [0.4, 0.5) is 0 Å². The van der Waals surface area contributed by atoms with Crippen LogP contribution in [0.3, 0.4) is 0 Å². The molecular weight excluding hydrogens is 727 g/mol. The fourth-order valence-electron chi connectivity index (χ4n) is 8.99. The van der Waals surface area contributed by atoms with Crippen LogP contribution in [0.2, 0.25) is 0 Å². The van der Waals surface area contributed by atoms with Crippen LogP contribution in [-0.2, 0) is 4.79 Å². The Labute approximate surface area is 370 Å². The van der Waals surface area contributed by atoms with Gasteiger partial charge in [-0.05, 0) is 12.8 Å². The molecule has 354 valence electrons. The molecule has 5 nitrogen and oxygen atoms in total. The summed E-state index contributed by atoms with van der Waals surface area (Å²) in [6.07, 6.45) is 59.6. The SMILES string of the molecule is CCCCCCCCCCCCCCCCCCCCCCCCCCCC(=O)NC(CO)C(O)C(O)CCCCCCCCCCCCCCCCCCCCCC. The highest BCUT2D eigenvalue weighted by molar-refractivity contribution is 5.76. The Bertz CT molecular complexity index is 792. The van der Waals surface area contributed by atoms with Gasteiger partial charge in [0.1, 0.15) is 6.10 Å². The zero-order chi connectivity index (χ0) is 43.0. The fourth-order valence-corrected chi connectivity index (χ4v) is 8.99. The van der Waals surface area contributed by atoms with Gasteiger partial charge in [-0.25, -0.2) is 0 Å². The molecule has 1 amide bonds.